The molecule has 0 fully saturated rings. The van der Waals surface area contributed by atoms with Gasteiger partial charge < -0.3 is 14.9 Å². The molecule has 0 amide bonds. The van der Waals surface area contributed by atoms with Crippen molar-refractivity contribution in [3.8, 4) is 22.5 Å². The molecule has 0 aliphatic rings. The highest BCUT2D eigenvalue weighted by atomic mass is 16.1. The molecule has 0 bridgehead atoms. The third-order valence-corrected chi connectivity index (χ3v) is 5.57. The molecule has 158 valence electrons. The highest BCUT2D eigenvalue weighted by Crippen LogP contribution is 2.28. The minimum Gasteiger partial charge on any atom is -0.324 e. The fourth-order valence-corrected chi connectivity index (χ4v) is 3.83. The second-order valence-corrected chi connectivity index (χ2v) is 7.85. The lowest BCUT2D eigenvalue weighted by Crippen LogP contribution is -2.19. The summed E-state index contributed by atoms with van der Waals surface area (Å²) in [7, 11) is 1.80. The highest BCUT2D eigenvalue weighted by molar-refractivity contribution is 5.85. The molecule has 0 saturated heterocycles. The number of hydrogen-bond donors (Lipinski definition) is 2. The van der Waals surface area contributed by atoms with Crippen LogP contribution in [0.25, 0.3) is 33.4 Å². The molecule has 7 heteroatoms. The Hall–Kier alpha value is -4.26. The summed E-state index contributed by atoms with van der Waals surface area (Å²) >= 11 is 0. The van der Waals surface area contributed by atoms with E-state index in [4.69, 9.17) is 0 Å². The summed E-state index contributed by atoms with van der Waals surface area (Å²) in [6.07, 6.45) is 1.81. The number of aromatic nitrogens is 5. The standard InChI is InChI=1S/C25H22N6O/c1-15-9-10-19(27-25-28-23(29-30-25)17-7-5-4-6-8-17)13-20(15)21-12-18-14-26-16(2)11-22(18)31(3)24(21)32/h4-14H,1-3H3,(H2,27,28,29,30). The Balaban J connectivity index is 1.53. The van der Waals surface area contributed by atoms with Gasteiger partial charge in [-0.3, -0.25) is 9.78 Å². The number of pyridine rings is 2. The van der Waals surface area contributed by atoms with Crippen LogP contribution in [0.3, 0.4) is 0 Å². The highest BCUT2D eigenvalue weighted by Gasteiger charge is 2.13. The van der Waals surface area contributed by atoms with Crippen molar-refractivity contribution in [2.24, 2.45) is 7.05 Å². The lowest BCUT2D eigenvalue weighted by Gasteiger charge is -2.13. The fraction of sp³-hybridized carbons (Fsp3) is 0.120. The van der Waals surface area contributed by atoms with Gasteiger partial charge in [-0.2, -0.15) is 0 Å². The molecule has 7 nitrogen and oxygen atoms in total. The molecule has 0 unspecified atom stereocenters. The molecule has 0 aliphatic carbocycles. The van der Waals surface area contributed by atoms with Gasteiger partial charge in [-0.15, -0.1) is 10.2 Å². The van der Waals surface area contributed by atoms with Gasteiger partial charge in [-0.25, -0.2) is 0 Å². The van der Waals surface area contributed by atoms with Crippen molar-refractivity contribution in [2.45, 2.75) is 13.8 Å². The average molecular weight is 422 g/mol. The van der Waals surface area contributed by atoms with Crippen LogP contribution in [0.1, 0.15) is 11.3 Å². The number of nitrogens with one attached hydrogen (secondary N) is 2. The second-order valence-electron chi connectivity index (χ2n) is 7.85. The van der Waals surface area contributed by atoms with Crippen molar-refractivity contribution in [1.29, 1.82) is 0 Å². The number of hydrogen-bond acceptors (Lipinski definition) is 5. The maximum Gasteiger partial charge on any atom is 0.258 e. The Bertz CT molecular complexity index is 1500. The van der Waals surface area contributed by atoms with E-state index in [0.29, 0.717) is 17.3 Å². The van der Waals surface area contributed by atoms with E-state index in [2.05, 4.69) is 25.5 Å². The lowest BCUT2D eigenvalue weighted by molar-refractivity contribution is 0.905. The first-order chi connectivity index (χ1) is 15.5. The Kier molecular flexibility index (Phi) is 4.78. The molecule has 5 rings (SSSR count). The van der Waals surface area contributed by atoms with E-state index in [1.165, 1.54) is 0 Å². The van der Waals surface area contributed by atoms with Crippen LogP contribution < -0.4 is 10.9 Å². The topological polar surface area (TPSA) is 88.5 Å². The van der Waals surface area contributed by atoms with E-state index in [0.717, 1.165) is 39.0 Å². The number of fused-ring (bicyclic) bond motifs is 1. The summed E-state index contributed by atoms with van der Waals surface area (Å²) in [6, 6.07) is 19.6. The first-order valence-corrected chi connectivity index (χ1v) is 10.3. The largest absolute Gasteiger partial charge is 0.324 e. The Morgan fingerprint density at radius 3 is 2.56 bits per heavy atom. The fourth-order valence-electron chi connectivity index (χ4n) is 3.83. The van der Waals surface area contributed by atoms with Crippen molar-refractivity contribution in [3.63, 3.8) is 0 Å². The number of H-pyrrole nitrogens is 1. The monoisotopic (exact) mass is 422 g/mol. The zero-order valence-corrected chi connectivity index (χ0v) is 18.0. The van der Waals surface area contributed by atoms with Crippen molar-refractivity contribution in [1.82, 2.24) is 24.7 Å². The van der Waals surface area contributed by atoms with Gasteiger partial charge in [0, 0.05) is 41.1 Å². The van der Waals surface area contributed by atoms with E-state index in [9.17, 15) is 4.79 Å². The van der Waals surface area contributed by atoms with Crippen molar-refractivity contribution in [3.05, 3.63) is 88.5 Å². The molecule has 0 aliphatic heterocycles. The van der Waals surface area contributed by atoms with E-state index in [1.807, 2.05) is 80.7 Å². The summed E-state index contributed by atoms with van der Waals surface area (Å²) in [5, 5.41) is 12.6. The predicted octanol–water partition coefficient (Wildman–Crippen LogP) is 4.75. The molecule has 5 aromatic rings. The third kappa shape index (κ3) is 3.54. The molecular weight excluding hydrogens is 400 g/mol. The second kappa shape index (κ2) is 7.77. The molecular formula is C25H22N6O. The maximum atomic E-state index is 13.2. The van der Waals surface area contributed by atoms with E-state index < -0.39 is 0 Å². The maximum absolute atomic E-state index is 13.2. The number of rotatable bonds is 4. The van der Waals surface area contributed by atoms with Crippen LogP contribution in [0.4, 0.5) is 11.6 Å². The van der Waals surface area contributed by atoms with Gasteiger partial charge >= 0.3 is 0 Å². The molecule has 3 aromatic heterocycles. The Morgan fingerprint density at radius 2 is 1.75 bits per heavy atom. The molecule has 0 radical (unpaired) electrons. The zero-order valence-electron chi connectivity index (χ0n) is 18.0. The van der Waals surface area contributed by atoms with Gasteiger partial charge in [-0.1, -0.05) is 36.4 Å². The molecule has 0 saturated carbocycles. The van der Waals surface area contributed by atoms with Crippen LogP contribution in [0.5, 0.6) is 0 Å². The summed E-state index contributed by atoms with van der Waals surface area (Å²) < 4.78 is 1.68. The Labute approximate surface area is 184 Å². The van der Waals surface area contributed by atoms with Gasteiger partial charge in [-0.05, 0) is 49.2 Å². The van der Waals surface area contributed by atoms with Crippen molar-refractivity contribution >= 4 is 22.5 Å². The van der Waals surface area contributed by atoms with Crippen LogP contribution in [-0.4, -0.2) is 24.7 Å². The van der Waals surface area contributed by atoms with Crippen LogP contribution in [0.2, 0.25) is 0 Å². The third-order valence-electron chi connectivity index (χ3n) is 5.57. The summed E-state index contributed by atoms with van der Waals surface area (Å²) in [6.45, 7) is 3.92. The zero-order chi connectivity index (χ0) is 22.2. The van der Waals surface area contributed by atoms with Crippen molar-refractivity contribution < 1.29 is 0 Å². The first kappa shape index (κ1) is 19.7. The smallest absolute Gasteiger partial charge is 0.258 e. The van der Waals surface area contributed by atoms with Crippen molar-refractivity contribution in [2.75, 3.05) is 5.32 Å². The van der Waals surface area contributed by atoms with Gasteiger partial charge in [0.2, 0.25) is 5.95 Å². The summed E-state index contributed by atoms with van der Waals surface area (Å²) in [5.41, 5.74) is 5.98. The molecule has 3 heterocycles. The normalized spacial score (nSPS) is 11.1. The molecule has 2 aromatic carbocycles. The van der Waals surface area contributed by atoms with Gasteiger partial charge in [0.25, 0.3) is 5.56 Å². The molecule has 0 spiro atoms. The van der Waals surface area contributed by atoms with E-state index in [-0.39, 0.29) is 5.56 Å². The number of aryl methyl sites for hydroxylation is 3. The number of nitrogens with zero attached hydrogens (tertiary/aromatic N) is 4. The summed E-state index contributed by atoms with van der Waals surface area (Å²) in [4.78, 5) is 20.8. The van der Waals surface area contributed by atoms with E-state index >= 15 is 0 Å². The SMILES string of the molecule is Cc1cc2c(cn1)cc(-c1cc(Nc3nnc(-c4ccccc4)[nH]3)ccc1C)c(=O)n2C. The molecule has 2 N–H and O–H groups in total. The molecule has 32 heavy (non-hydrogen) atoms. The van der Waals surface area contributed by atoms with Crippen LogP contribution in [-0.2, 0) is 7.05 Å². The first-order valence-electron chi connectivity index (χ1n) is 10.3. The molecule has 0 atom stereocenters. The van der Waals surface area contributed by atoms with Gasteiger partial charge in [0.15, 0.2) is 5.82 Å². The summed E-state index contributed by atoms with van der Waals surface area (Å²) in [5.74, 6) is 1.22. The minimum atomic E-state index is -0.0469. The lowest BCUT2D eigenvalue weighted by atomic mass is 9.99. The number of aromatic amines is 1. The van der Waals surface area contributed by atoms with Crippen LogP contribution >= 0.6 is 0 Å². The van der Waals surface area contributed by atoms with Gasteiger partial charge in [0.05, 0.1) is 5.52 Å². The minimum absolute atomic E-state index is 0.0469. The average Bonchev–Trinajstić information content (AvgIpc) is 3.27. The van der Waals surface area contributed by atoms with Gasteiger partial charge in [0.1, 0.15) is 0 Å². The predicted molar refractivity (Wildman–Crippen MR) is 127 cm³/mol. The Morgan fingerprint density at radius 1 is 0.938 bits per heavy atom. The quantitative estimate of drug-likeness (QED) is 0.436. The van der Waals surface area contributed by atoms with E-state index in [1.54, 1.807) is 11.6 Å². The number of anilines is 2. The van der Waals surface area contributed by atoms with Crippen LogP contribution in [0, 0.1) is 13.8 Å². The van der Waals surface area contributed by atoms with Crippen LogP contribution in [0.15, 0.2) is 71.7 Å². The number of benzene rings is 2.